The minimum absolute atomic E-state index is 0.0417. The van der Waals surface area contributed by atoms with Gasteiger partial charge in [0.25, 0.3) is 0 Å². The zero-order valence-corrected chi connectivity index (χ0v) is 27.9. The Bertz CT molecular complexity index is 1890. The number of anilines is 1. The van der Waals surface area contributed by atoms with Gasteiger partial charge in [0.05, 0.1) is 11.4 Å². The van der Waals surface area contributed by atoms with E-state index in [0.717, 1.165) is 10.5 Å². The van der Waals surface area contributed by atoms with E-state index in [1.807, 2.05) is 37.3 Å². The molecule has 1 fully saturated rings. The average Bonchev–Trinajstić information content (AvgIpc) is 3.49. The average molecular weight is 662 g/mol. The summed E-state index contributed by atoms with van der Waals surface area (Å²) in [5.41, 5.74) is 1.06. The van der Waals surface area contributed by atoms with E-state index in [1.165, 1.54) is 17.0 Å². The number of hydrogen-bond acceptors (Lipinski definition) is 9. The SMILES string of the molecule is Cc1cccc(S(=O)(=O)c2nc3[nH]ccc3nc2N(CC(=O)C2CN(C(=O)OCc3ccccc3)CCC2C)C(=O)OC(C)(C)C)c1. The highest BCUT2D eigenvalue weighted by molar-refractivity contribution is 7.91. The van der Waals surface area contributed by atoms with Gasteiger partial charge >= 0.3 is 12.2 Å². The number of hydrogen-bond donors (Lipinski definition) is 1. The third kappa shape index (κ3) is 7.79. The number of amides is 2. The molecule has 248 valence electrons. The van der Waals surface area contributed by atoms with Crippen molar-refractivity contribution in [3.05, 3.63) is 78.0 Å². The summed E-state index contributed by atoms with van der Waals surface area (Å²) < 4.78 is 39.3. The Hall–Kier alpha value is -4.78. The maximum absolute atomic E-state index is 14.1. The second-order valence-electron chi connectivity index (χ2n) is 12.8. The van der Waals surface area contributed by atoms with Crippen molar-refractivity contribution in [1.29, 1.82) is 0 Å². The number of piperidine rings is 1. The van der Waals surface area contributed by atoms with Crippen LogP contribution in [0.3, 0.4) is 0 Å². The zero-order chi connectivity index (χ0) is 33.9. The first-order chi connectivity index (χ1) is 22.2. The Kier molecular flexibility index (Phi) is 9.66. The summed E-state index contributed by atoms with van der Waals surface area (Å²) in [5, 5.41) is -0.500. The molecule has 3 heterocycles. The molecule has 1 saturated heterocycles. The molecule has 13 heteroatoms. The Morgan fingerprint density at radius 1 is 1.04 bits per heavy atom. The van der Waals surface area contributed by atoms with Crippen molar-refractivity contribution in [3.8, 4) is 0 Å². The van der Waals surface area contributed by atoms with Gasteiger partial charge in [-0.2, -0.15) is 0 Å². The van der Waals surface area contributed by atoms with E-state index >= 15 is 0 Å². The monoisotopic (exact) mass is 661 g/mol. The number of aromatic nitrogens is 3. The minimum atomic E-state index is -4.33. The predicted molar refractivity (Wildman–Crippen MR) is 175 cm³/mol. The number of carbonyl (C=O) groups is 3. The summed E-state index contributed by atoms with van der Waals surface area (Å²) in [6.45, 7) is 8.68. The highest BCUT2D eigenvalue weighted by atomic mass is 32.2. The van der Waals surface area contributed by atoms with Gasteiger partial charge in [-0.25, -0.2) is 28.0 Å². The number of fused-ring (bicyclic) bond motifs is 1. The number of carbonyl (C=O) groups excluding carboxylic acids is 3. The summed E-state index contributed by atoms with van der Waals surface area (Å²) in [5.74, 6) is -1.52. The molecule has 4 aromatic rings. The molecule has 1 aliphatic rings. The molecule has 2 amide bonds. The van der Waals surface area contributed by atoms with Gasteiger partial charge in [-0.3, -0.25) is 9.69 Å². The molecule has 2 atom stereocenters. The molecule has 2 aromatic carbocycles. The van der Waals surface area contributed by atoms with Gasteiger partial charge in [0.1, 0.15) is 17.7 Å². The number of Topliss-reactive ketones (excluding diaryl/α,β-unsaturated/α-hetero) is 1. The Labute approximate surface area is 274 Å². The normalized spacial score (nSPS) is 16.9. The molecule has 5 rings (SSSR count). The quantitative estimate of drug-likeness (QED) is 0.251. The van der Waals surface area contributed by atoms with E-state index in [2.05, 4.69) is 15.0 Å². The number of ketones is 1. The van der Waals surface area contributed by atoms with Gasteiger partial charge in [-0.1, -0.05) is 49.4 Å². The smallest absolute Gasteiger partial charge is 0.416 e. The van der Waals surface area contributed by atoms with Crippen LogP contribution in [0.5, 0.6) is 0 Å². The number of ether oxygens (including phenoxy) is 2. The van der Waals surface area contributed by atoms with Crippen molar-refractivity contribution in [3.63, 3.8) is 0 Å². The highest BCUT2D eigenvalue weighted by Gasteiger charge is 2.39. The van der Waals surface area contributed by atoms with E-state index in [4.69, 9.17) is 9.47 Å². The molecule has 47 heavy (non-hydrogen) atoms. The first kappa shape index (κ1) is 33.6. The summed E-state index contributed by atoms with van der Waals surface area (Å²) >= 11 is 0. The van der Waals surface area contributed by atoms with Crippen molar-refractivity contribution >= 4 is 44.8 Å². The van der Waals surface area contributed by atoms with Crippen LogP contribution in [0.2, 0.25) is 0 Å². The first-order valence-electron chi connectivity index (χ1n) is 15.4. The van der Waals surface area contributed by atoms with Crippen LogP contribution in [-0.4, -0.2) is 71.5 Å². The second kappa shape index (κ2) is 13.5. The van der Waals surface area contributed by atoms with E-state index in [1.54, 1.807) is 52.1 Å². The third-order valence-electron chi connectivity index (χ3n) is 7.91. The number of sulfone groups is 1. The molecular weight excluding hydrogens is 622 g/mol. The van der Waals surface area contributed by atoms with Gasteiger partial charge in [0, 0.05) is 25.2 Å². The molecule has 0 radical (unpaired) electrons. The van der Waals surface area contributed by atoms with Gasteiger partial charge in [0.2, 0.25) is 14.9 Å². The fraction of sp³-hybridized carbons (Fsp3) is 0.382. The molecule has 2 unspecified atom stereocenters. The summed E-state index contributed by atoms with van der Waals surface area (Å²) in [7, 11) is -4.33. The van der Waals surface area contributed by atoms with Gasteiger partial charge < -0.3 is 19.4 Å². The standard InChI is InChI=1S/C34H39N5O7S/c1-22-10-9-13-25(18-22)47(43,44)31-30(36-27-14-16-35-29(27)37-31)39(33(42)46-34(3,4)5)20-28(40)26-19-38(17-15-23(26)2)32(41)45-21-24-11-7-6-8-12-24/h6-14,16,18,23,26H,15,17,19-21H2,1-5H3,(H,35,37). The van der Waals surface area contributed by atoms with Crippen molar-refractivity contribution in [2.24, 2.45) is 11.8 Å². The number of H-pyrrole nitrogens is 1. The lowest BCUT2D eigenvalue weighted by atomic mass is 9.84. The zero-order valence-electron chi connectivity index (χ0n) is 27.1. The van der Waals surface area contributed by atoms with Crippen LogP contribution in [0.4, 0.5) is 15.4 Å². The fourth-order valence-electron chi connectivity index (χ4n) is 5.38. The fourth-order valence-corrected chi connectivity index (χ4v) is 6.81. The van der Waals surface area contributed by atoms with Crippen molar-refractivity contribution < 1.29 is 32.3 Å². The number of nitrogens with one attached hydrogen (secondary N) is 1. The number of benzene rings is 2. The maximum atomic E-state index is 14.1. The molecule has 12 nitrogen and oxygen atoms in total. The molecular formula is C34H39N5O7S. The van der Waals surface area contributed by atoms with Crippen LogP contribution in [0.25, 0.3) is 11.2 Å². The number of rotatable bonds is 8. The summed E-state index contributed by atoms with van der Waals surface area (Å²) in [6, 6.07) is 17.2. The van der Waals surface area contributed by atoms with Gasteiger partial charge in [-0.15, -0.1) is 0 Å². The third-order valence-corrected chi connectivity index (χ3v) is 9.57. The van der Waals surface area contributed by atoms with Crippen LogP contribution in [0, 0.1) is 18.8 Å². The lowest BCUT2D eigenvalue weighted by Crippen LogP contribution is -2.49. The van der Waals surface area contributed by atoms with Crippen LogP contribution in [0.15, 0.2) is 76.8 Å². The number of aryl methyl sites for hydroxylation is 1. The number of nitrogens with zero attached hydrogens (tertiary/aromatic N) is 4. The summed E-state index contributed by atoms with van der Waals surface area (Å²) in [6.07, 6.45) is 0.581. The Morgan fingerprint density at radius 3 is 2.49 bits per heavy atom. The van der Waals surface area contributed by atoms with Gasteiger partial charge in [0.15, 0.2) is 17.2 Å². The minimum Gasteiger partial charge on any atom is -0.445 e. The maximum Gasteiger partial charge on any atom is 0.416 e. The van der Waals surface area contributed by atoms with E-state index in [-0.39, 0.29) is 35.4 Å². The lowest BCUT2D eigenvalue weighted by molar-refractivity contribution is -0.124. The van der Waals surface area contributed by atoms with E-state index in [0.29, 0.717) is 24.0 Å². The number of aromatic amines is 1. The topological polar surface area (TPSA) is 152 Å². The first-order valence-corrected chi connectivity index (χ1v) is 16.9. The molecule has 1 N–H and O–H groups in total. The molecule has 0 aliphatic carbocycles. The van der Waals surface area contributed by atoms with Crippen molar-refractivity contribution in [2.45, 2.75) is 63.2 Å². The summed E-state index contributed by atoms with van der Waals surface area (Å²) in [4.78, 5) is 55.0. The highest BCUT2D eigenvalue weighted by Crippen LogP contribution is 2.32. The van der Waals surface area contributed by atoms with Crippen molar-refractivity contribution in [1.82, 2.24) is 19.9 Å². The van der Waals surface area contributed by atoms with Crippen LogP contribution in [-0.2, 0) is 30.7 Å². The molecule has 0 bridgehead atoms. The lowest BCUT2D eigenvalue weighted by Gasteiger charge is -2.36. The van der Waals surface area contributed by atoms with Crippen LogP contribution < -0.4 is 4.90 Å². The van der Waals surface area contributed by atoms with Crippen LogP contribution in [0.1, 0.15) is 45.2 Å². The van der Waals surface area contributed by atoms with Crippen LogP contribution >= 0.6 is 0 Å². The Morgan fingerprint density at radius 2 is 1.79 bits per heavy atom. The van der Waals surface area contributed by atoms with E-state index in [9.17, 15) is 22.8 Å². The van der Waals surface area contributed by atoms with E-state index < -0.39 is 50.9 Å². The molecule has 0 spiro atoms. The van der Waals surface area contributed by atoms with Gasteiger partial charge in [-0.05, 0) is 69.4 Å². The molecule has 2 aromatic heterocycles. The second-order valence-corrected chi connectivity index (χ2v) is 14.6. The van der Waals surface area contributed by atoms with Crippen molar-refractivity contribution in [2.75, 3.05) is 24.5 Å². The predicted octanol–water partition coefficient (Wildman–Crippen LogP) is 5.70. The largest absolute Gasteiger partial charge is 0.445 e. The molecule has 0 saturated carbocycles. The number of likely N-dealkylation sites (tertiary alicyclic amines) is 1. The Balaban J connectivity index is 1.48. The molecule has 1 aliphatic heterocycles.